The van der Waals surface area contributed by atoms with Gasteiger partial charge < -0.3 is 16.2 Å². The predicted molar refractivity (Wildman–Crippen MR) is 66.1 cm³/mol. The van der Waals surface area contributed by atoms with Crippen LogP contribution >= 0.6 is 15.9 Å². The molecule has 0 aliphatic rings. The smallest absolute Gasteiger partial charge is 0.248 e. The lowest BCUT2D eigenvalue weighted by atomic mass is 10.1. The predicted octanol–water partition coefficient (Wildman–Crippen LogP) is -0.0460. The minimum Gasteiger partial charge on any atom is -0.381 e. The zero-order valence-electron chi connectivity index (χ0n) is 9.02. The van der Waals surface area contributed by atoms with E-state index in [0.717, 1.165) is 10.0 Å². The van der Waals surface area contributed by atoms with Crippen LogP contribution in [-0.2, 0) is 16.0 Å². The van der Waals surface area contributed by atoms with Crippen molar-refractivity contribution in [2.45, 2.75) is 12.5 Å². The molecule has 1 rings (SSSR count). The topological polar surface area (TPSA) is 92.4 Å². The summed E-state index contributed by atoms with van der Waals surface area (Å²) in [4.78, 5) is 22.0. The van der Waals surface area contributed by atoms with Crippen molar-refractivity contribution in [2.75, 3.05) is 6.54 Å². The molecule has 0 saturated carbocycles. The van der Waals surface area contributed by atoms with Crippen LogP contribution in [-0.4, -0.2) is 29.6 Å². The molecule has 1 aromatic rings. The van der Waals surface area contributed by atoms with E-state index >= 15 is 0 Å². The molecule has 0 radical (unpaired) electrons. The normalized spacial score (nSPS) is 11.9. The van der Waals surface area contributed by atoms with Crippen molar-refractivity contribution in [3.8, 4) is 0 Å². The number of nitrogens with one attached hydrogen (secondary N) is 1. The summed E-state index contributed by atoms with van der Waals surface area (Å²) in [7, 11) is 0. The quantitative estimate of drug-likeness (QED) is 0.712. The molecule has 6 heteroatoms. The Morgan fingerprint density at radius 3 is 2.76 bits per heavy atom. The van der Waals surface area contributed by atoms with Gasteiger partial charge in [0.2, 0.25) is 11.8 Å². The summed E-state index contributed by atoms with van der Waals surface area (Å²) in [6.45, 7) is -0.165. The molecule has 4 N–H and O–H groups in total. The average Bonchev–Trinajstić information content (AvgIpc) is 2.25. The zero-order chi connectivity index (χ0) is 12.8. The highest BCUT2D eigenvalue weighted by Gasteiger charge is 2.12. The first-order chi connectivity index (χ1) is 7.99. The largest absolute Gasteiger partial charge is 0.381 e. The standard InChI is InChI=1S/C11H13BrN2O3/c12-8-3-1-2-7(4-8)5-10(16)14-6-9(15)11(13)17/h1-4,9,15H,5-6H2,(H2,13,17)(H,14,16). The van der Waals surface area contributed by atoms with Crippen LogP contribution < -0.4 is 11.1 Å². The second-order valence-electron chi connectivity index (χ2n) is 3.53. The lowest BCUT2D eigenvalue weighted by Crippen LogP contribution is -2.40. The zero-order valence-corrected chi connectivity index (χ0v) is 10.6. The fourth-order valence-electron chi connectivity index (χ4n) is 1.21. The monoisotopic (exact) mass is 300 g/mol. The van der Waals surface area contributed by atoms with Gasteiger partial charge in [0.15, 0.2) is 0 Å². The van der Waals surface area contributed by atoms with E-state index in [1.54, 1.807) is 0 Å². The van der Waals surface area contributed by atoms with Crippen LogP contribution in [0.3, 0.4) is 0 Å². The summed E-state index contributed by atoms with van der Waals surface area (Å²) in [5, 5.41) is 11.5. The van der Waals surface area contributed by atoms with Crippen molar-refractivity contribution < 1.29 is 14.7 Å². The molecular weight excluding hydrogens is 288 g/mol. The molecule has 0 aliphatic heterocycles. The number of amides is 2. The number of halogens is 1. The van der Waals surface area contributed by atoms with Gasteiger partial charge in [0, 0.05) is 4.47 Å². The van der Waals surface area contributed by atoms with Gasteiger partial charge in [-0.2, -0.15) is 0 Å². The molecule has 2 amide bonds. The Labute approximate surface area is 107 Å². The fraction of sp³-hybridized carbons (Fsp3) is 0.273. The van der Waals surface area contributed by atoms with Crippen LogP contribution in [0.4, 0.5) is 0 Å². The molecule has 0 heterocycles. The van der Waals surface area contributed by atoms with Crippen molar-refractivity contribution in [3.05, 3.63) is 34.3 Å². The molecule has 0 aromatic heterocycles. The number of carbonyl (C=O) groups excluding carboxylic acids is 2. The summed E-state index contributed by atoms with van der Waals surface area (Å²) in [5.74, 6) is -1.13. The molecule has 0 saturated heterocycles. The van der Waals surface area contributed by atoms with Crippen LogP contribution in [0, 0.1) is 0 Å². The van der Waals surface area contributed by atoms with Gasteiger partial charge in [-0.05, 0) is 17.7 Å². The van der Waals surface area contributed by atoms with E-state index in [9.17, 15) is 9.59 Å². The lowest BCUT2D eigenvalue weighted by molar-refractivity contribution is -0.126. The third-order valence-corrected chi connectivity index (χ3v) is 2.57. The SMILES string of the molecule is NC(=O)C(O)CNC(=O)Cc1cccc(Br)c1. The van der Waals surface area contributed by atoms with Crippen molar-refractivity contribution >= 4 is 27.7 Å². The number of nitrogens with two attached hydrogens (primary N) is 1. The second kappa shape index (κ2) is 6.36. The van der Waals surface area contributed by atoms with Gasteiger partial charge >= 0.3 is 0 Å². The number of rotatable bonds is 5. The maximum atomic E-state index is 11.5. The molecular formula is C11H13BrN2O3. The molecule has 17 heavy (non-hydrogen) atoms. The number of benzene rings is 1. The summed E-state index contributed by atoms with van der Waals surface area (Å²) in [6, 6.07) is 7.32. The van der Waals surface area contributed by atoms with Crippen LogP contribution in [0.15, 0.2) is 28.7 Å². The van der Waals surface area contributed by atoms with E-state index in [2.05, 4.69) is 21.2 Å². The maximum Gasteiger partial charge on any atom is 0.248 e. The molecule has 0 aliphatic carbocycles. The highest BCUT2D eigenvalue weighted by molar-refractivity contribution is 9.10. The minimum absolute atomic E-state index is 0.165. The Bertz CT molecular complexity index is 423. The molecule has 0 bridgehead atoms. The highest BCUT2D eigenvalue weighted by atomic mass is 79.9. The van der Waals surface area contributed by atoms with Crippen LogP contribution in [0.2, 0.25) is 0 Å². The molecule has 92 valence electrons. The van der Waals surface area contributed by atoms with E-state index in [1.807, 2.05) is 24.3 Å². The van der Waals surface area contributed by atoms with Gasteiger partial charge in [-0.25, -0.2) is 0 Å². The van der Waals surface area contributed by atoms with Gasteiger partial charge in [-0.1, -0.05) is 28.1 Å². The average molecular weight is 301 g/mol. The highest BCUT2D eigenvalue weighted by Crippen LogP contribution is 2.11. The van der Waals surface area contributed by atoms with Crippen molar-refractivity contribution in [1.82, 2.24) is 5.32 Å². The summed E-state index contributed by atoms with van der Waals surface area (Å²) in [5.41, 5.74) is 5.69. The van der Waals surface area contributed by atoms with Crippen molar-refractivity contribution in [1.29, 1.82) is 0 Å². The van der Waals surface area contributed by atoms with Crippen LogP contribution in [0.1, 0.15) is 5.56 Å². The number of aliphatic hydroxyl groups excluding tert-OH is 1. The summed E-state index contributed by atoms with van der Waals surface area (Å²) < 4.78 is 0.889. The van der Waals surface area contributed by atoms with Gasteiger partial charge in [-0.3, -0.25) is 9.59 Å². The molecule has 0 spiro atoms. The first-order valence-electron chi connectivity index (χ1n) is 4.97. The van der Waals surface area contributed by atoms with E-state index in [4.69, 9.17) is 10.8 Å². The maximum absolute atomic E-state index is 11.5. The van der Waals surface area contributed by atoms with E-state index in [-0.39, 0.29) is 18.9 Å². The number of primary amides is 1. The second-order valence-corrected chi connectivity index (χ2v) is 4.44. The number of carbonyl (C=O) groups is 2. The summed E-state index contributed by atoms with van der Waals surface area (Å²) >= 11 is 3.30. The molecule has 5 nitrogen and oxygen atoms in total. The Balaban J connectivity index is 2.42. The lowest BCUT2D eigenvalue weighted by Gasteiger charge is -2.08. The number of aliphatic hydroxyl groups is 1. The van der Waals surface area contributed by atoms with E-state index in [1.165, 1.54) is 0 Å². The van der Waals surface area contributed by atoms with Crippen LogP contribution in [0.25, 0.3) is 0 Å². The van der Waals surface area contributed by atoms with E-state index in [0.29, 0.717) is 0 Å². The van der Waals surface area contributed by atoms with Crippen molar-refractivity contribution in [3.63, 3.8) is 0 Å². The molecule has 1 aromatic carbocycles. The van der Waals surface area contributed by atoms with Crippen molar-refractivity contribution in [2.24, 2.45) is 5.73 Å². The fourth-order valence-corrected chi connectivity index (χ4v) is 1.65. The Kier molecular flexibility index (Phi) is 5.11. The van der Waals surface area contributed by atoms with E-state index < -0.39 is 12.0 Å². The first-order valence-corrected chi connectivity index (χ1v) is 5.77. The van der Waals surface area contributed by atoms with Gasteiger partial charge in [0.1, 0.15) is 6.10 Å². The third-order valence-electron chi connectivity index (χ3n) is 2.07. The molecule has 1 atom stereocenters. The Hall–Kier alpha value is -1.40. The third kappa shape index (κ3) is 4.97. The van der Waals surface area contributed by atoms with Gasteiger partial charge in [0.25, 0.3) is 0 Å². The van der Waals surface area contributed by atoms with Gasteiger partial charge in [0.05, 0.1) is 13.0 Å². The van der Waals surface area contributed by atoms with Crippen LogP contribution in [0.5, 0.6) is 0 Å². The molecule has 1 unspecified atom stereocenters. The number of hydrogen-bond donors (Lipinski definition) is 3. The summed E-state index contributed by atoms with van der Waals surface area (Å²) in [6.07, 6.45) is -1.16. The Morgan fingerprint density at radius 1 is 1.47 bits per heavy atom. The number of hydrogen-bond acceptors (Lipinski definition) is 3. The minimum atomic E-state index is -1.35. The first kappa shape index (κ1) is 13.7. The molecule has 0 fully saturated rings. The Morgan fingerprint density at radius 2 is 2.18 bits per heavy atom. The van der Waals surface area contributed by atoms with Gasteiger partial charge in [-0.15, -0.1) is 0 Å².